The van der Waals surface area contributed by atoms with E-state index in [4.69, 9.17) is 9.15 Å². The lowest BCUT2D eigenvalue weighted by Crippen LogP contribution is -2.39. The lowest BCUT2D eigenvalue weighted by atomic mass is 9.89. The molecule has 5 rings (SSSR count). The van der Waals surface area contributed by atoms with Gasteiger partial charge in [0.25, 0.3) is 0 Å². The Morgan fingerprint density at radius 2 is 1.65 bits per heavy atom. The molecular weight excluding hydrogens is 390 g/mol. The molecule has 154 valence electrons. The topological polar surface area (TPSA) is 72.0 Å². The Bertz CT molecular complexity index is 1400. The maximum atomic E-state index is 12.8. The van der Waals surface area contributed by atoms with Gasteiger partial charge in [-0.1, -0.05) is 71.9 Å². The van der Waals surface area contributed by atoms with Crippen molar-refractivity contribution in [2.45, 2.75) is 20.0 Å². The summed E-state index contributed by atoms with van der Waals surface area (Å²) in [6, 6.07) is 19.0. The Morgan fingerprint density at radius 1 is 0.968 bits per heavy atom. The number of oxime groups is 1. The monoisotopic (exact) mass is 411 g/mol. The van der Waals surface area contributed by atoms with Crippen molar-refractivity contribution in [3.05, 3.63) is 104 Å². The molecule has 1 N–H and O–H groups in total. The molecule has 0 radical (unpaired) electrons. The zero-order valence-corrected chi connectivity index (χ0v) is 17.2. The first-order valence-corrected chi connectivity index (χ1v) is 10.2. The molecule has 5 heteroatoms. The Labute approximate surface area is 178 Å². The first-order valence-electron chi connectivity index (χ1n) is 10.2. The Kier molecular flexibility index (Phi) is 4.59. The molecule has 2 aromatic carbocycles. The maximum Gasteiger partial charge on any atom is 0.344 e. The highest BCUT2D eigenvalue weighted by Gasteiger charge is 2.36. The molecule has 0 fully saturated rings. The predicted molar refractivity (Wildman–Crippen MR) is 119 cm³/mol. The number of nitrogens with zero attached hydrogens (tertiary/aromatic N) is 1. The summed E-state index contributed by atoms with van der Waals surface area (Å²) in [7, 11) is 0. The second-order valence-corrected chi connectivity index (χ2v) is 7.80. The standard InChI is InChI=1S/C26H21NO4/c1-15-19-13-20-16(2)25(24(27-29)18-11-7-4-8-12-18)30-21(20)14-22(19)31-26(28)23(15)17-9-5-3-6-10-17/h3-14,20-21,29H,1-2H3. The molecule has 2 atom stereocenters. The van der Waals surface area contributed by atoms with Crippen molar-refractivity contribution in [2.75, 3.05) is 0 Å². The van der Waals surface area contributed by atoms with Crippen LogP contribution in [0.3, 0.4) is 0 Å². The van der Waals surface area contributed by atoms with E-state index in [0.717, 1.165) is 27.5 Å². The molecule has 5 nitrogen and oxygen atoms in total. The molecule has 2 heterocycles. The molecule has 1 aliphatic carbocycles. The van der Waals surface area contributed by atoms with E-state index in [0.29, 0.717) is 22.4 Å². The highest BCUT2D eigenvalue weighted by molar-refractivity contribution is 6.12. The van der Waals surface area contributed by atoms with Gasteiger partial charge in [0.2, 0.25) is 0 Å². The minimum absolute atomic E-state index is 0.0435. The minimum atomic E-state index is -0.365. The van der Waals surface area contributed by atoms with Crippen molar-refractivity contribution in [1.82, 2.24) is 0 Å². The molecule has 0 saturated heterocycles. The van der Waals surface area contributed by atoms with Crippen molar-refractivity contribution in [2.24, 2.45) is 11.1 Å². The van der Waals surface area contributed by atoms with E-state index in [9.17, 15) is 10.0 Å². The van der Waals surface area contributed by atoms with Gasteiger partial charge in [0.05, 0.1) is 5.56 Å². The molecule has 3 aromatic rings. The van der Waals surface area contributed by atoms with E-state index < -0.39 is 0 Å². The summed E-state index contributed by atoms with van der Waals surface area (Å²) in [6.07, 6.45) is 3.61. The van der Waals surface area contributed by atoms with Crippen molar-refractivity contribution < 1.29 is 14.4 Å². The lowest BCUT2D eigenvalue weighted by molar-refractivity contribution is 0.191. The molecule has 31 heavy (non-hydrogen) atoms. The van der Waals surface area contributed by atoms with Gasteiger partial charge in [-0.15, -0.1) is 0 Å². The van der Waals surface area contributed by atoms with Crippen LogP contribution in [0.4, 0.5) is 0 Å². The summed E-state index contributed by atoms with van der Waals surface area (Å²) < 4.78 is 11.9. The number of benzene rings is 2. The molecule has 1 aliphatic heterocycles. The van der Waals surface area contributed by atoms with Crippen LogP contribution in [0, 0.1) is 12.8 Å². The van der Waals surface area contributed by atoms with Crippen molar-refractivity contribution >= 4 is 17.9 Å². The molecule has 1 aromatic heterocycles. The summed E-state index contributed by atoms with van der Waals surface area (Å²) in [6.45, 7) is 3.93. The zero-order valence-electron chi connectivity index (χ0n) is 17.2. The first-order chi connectivity index (χ1) is 15.1. The van der Waals surface area contributed by atoms with Crippen LogP contribution in [0.2, 0.25) is 0 Å². The van der Waals surface area contributed by atoms with E-state index in [-0.39, 0.29) is 17.6 Å². The van der Waals surface area contributed by atoms with Crippen molar-refractivity contribution in [3.63, 3.8) is 0 Å². The van der Waals surface area contributed by atoms with E-state index in [2.05, 4.69) is 11.2 Å². The van der Waals surface area contributed by atoms with Crippen LogP contribution in [-0.2, 0) is 4.74 Å². The van der Waals surface area contributed by atoms with Crippen LogP contribution in [0.15, 0.2) is 86.4 Å². The first kappa shape index (κ1) is 19.1. The van der Waals surface area contributed by atoms with E-state index >= 15 is 0 Å². The Hall–Kier alpha value is -3.86. The van der Waals surface area contributed by atoms with Gasteiger partial charge < -0.3 is 14.4 Å². The molecule has 2 aliphatic rings. The highest BCUT2D eigenvalue weighted by atomic mass is 16.5. The van der Waals surface area contributed by atoms with Crippen LogP contribution in [-0.4, -0.2) is 17.0 Å². The molecular formula is C26H21NO4. The average molecular weight is 411 g/mol. The van der Waals surface area contributed by atoms with E-state index in [1.165, 1.54) is 0 Å². The fourth-order valence-electron chi connectivity index (χ4n) is 4.41. The van der Waals surface area contributed by atoms with Gasteiger partial charge in [0.15, 0.2) is 5.71 Å². The Morgan fingerprint density at radius 3 is 2.32 bits per heavy atom. The average Bonchev–Trinajstić information content (AvgIpc) is 3.10. The Balaban J connectivity index is 1.65. The minimum Gasteiger partial charge on any atom is -0.483 e. The third-order valence-electron chi connectivity index (χ3n) is 6.00. The van der Waals surface area contributed by atoms with Gasteiger partial charge >= 0.3 is 5.63 Å². The van der Waals surface area contributed by atoms with Crippen LogP contribution in [0.25, 0.3) is 23.3 Å². The van der Waals surface area contributed by atoms with Crippen molar-refractivity contribution in [1.29, 1.82) is 0 Å². The number of fused-ring (bicyclic) bond motifs is 2. The third kappa shape index (κ3) is 3.10. The molecule has 0 saturated carbocycles. The van der Waals surface area contributed by atoms with E-state index in [1.807, 2.05) is 80.6 Å². The lowest BCUT2D eigenvalue weighted by Gasteiger charge is -2.18. The fraction of sp³-hybridized carbons (Fsp3) is 0.154. The quantitative estimate of drug-likeness (QED) is 0.408. The number of hydrogen-bond donors (Lipinski definition) is 1. The molecule has 0 amide bonds. The third-order valence-corrected chi connectivity index (χ3v) is 6.00. The van der Waals surface area contributed by atoms with Gasteiger partial charge in [-0.05, 0) is 30.5 Å². The molecule has 0 spiro atoms. The van der Waals surface area contributed by atoms with Gasteiger partial charge in [-0.2, -0.15) is 0 Å². The summed E-state index contributed by atoms with van der Waals surface area (Å²) in [5.74, 6) is 0.505. The number of rotatable bonds is 3. The second-order valence-electron chi connectivity index (χ2n) is 7.80. The van der Waals surface area contributed by atoms with Crippen LogP contribution in [0.1, 0.15) is 18.1 Å². The number of hydrogen-bond acceptors (Lipinski definition) is 5. The predicted octanol–water partition coefficient (Wildman–Crippen LogP) is 3.36. The van der Waals surface area contributed by atoms with Crippen molar-refractivity contribution in [3.8, 4) is 11.1 Å². The maximum absolute atomic E-state index is 12.8. The summed E-state index contributed by atoms with van der Waals surface area (Å²) >= 11 is 0. The molecule has 2 unspecified atom stereocenters. The largest absolute Gasteiger partial charge is 0.483 e. The number of ether oxygens (including phenoxy) is 1. The smallest absolute Gasteiger partial charge is 0.344 e. The normalized spacial score (nSPS) is 19.7. The van der Waals surface area contributed by atoms with Gasteiger partial charge in [-0.25, -0.2) is 4.79 Å². The second kappa shape index (κ2) is 7.43. The van der Waals surface area contributed by atoms with Crippen LogP contribution >= 0.6 is 0 Å². The van der Waals surface area contributed by atoms with Gasteiger partial charge in [0, 0.05) is 22.8 Å². The molecule has 0 bridgehead atoms. The number of allylic oxidation sites excluding steroid dienone is 1. The summed E-state index contributed by atoms with van der Waals surface area (Å²) in [5.41, 5.74) is 4.57. The van der Waals surface area contributed by atoms with Crippen LogP contribution in [0.5, 0.6) is 0 Å². The van der Waals surface area contributed by atoms with Gasteiger partial charge in [-0.3, -0.25) is 0 Å². The summed E-state index contributed by atoms with van der Waals surface area (Å²) in [5, 5.41) is 14.1. The fourth-order valence-corrected chi connectivity index (χ4v) is 4.41. The summed E-state index contributed by atoms with van der Waals surface area (Å²) in [4.78, 5) is 12.8. The SMILES string of the molecule is CC1=C(C(=NO)c2ccccc2)OC2C=c3oc(=O)c(-c4ccccc4)c(C)c3=CC12. The van der Waals surface area contributed by atoms with E-state index in [1.54, 1.807) is 0 Å². The van der Waals surface area contributed by atoms with Crippen LogP contribution < -0.4 is 16.3 Å². The zero-order chi connectivity index (χ0) is 21.5. The highest BCUT2D eigenvalue weighted by Crippen LogP contribution is 2.36. The van der Waals surface area contributed by atoms with Gasteiger partial charge in [0.1, 0.15) is 17.3 Å².